The van der Waals surface area contributed by atoms with Crippen molar-refractivity contribution in [3.63, 3.8) is 0 Å². The molecule has 1 N–H and O–H groups in total. The monoisotopic (exact) mass is 199 g/mol. The lowest BCUT2D eigenvalue weighted by atomic mass is 9.96. The van der Waals surface area contributed by atoms with Crippen LogP contribution in [-0.2, 0) is 7.05 Å². The minimum atomic E-state index is 0.103. The SMILES string of the molecule is Cn1c(C(=O)C2CNC2)cnc1Cl. The molecule has 0 saturated carbocycles. The number of nitrogens with one attached hydrogen (secondary N) is 1. The molecule has 0 spiro atoms. The number of carbonyl (C=O) groups is 1. The summed E-state index contributed by atoms with van der Waals surface area (Å²) in [6.45, 7) is 1.53. The molecule has 1 fully saturated rings. The van der Waals surface area contributed by atoms with Gasteiger partial charge < -0.3 is 9.88 Å². The van der Waals surface area contributed by atoms with Crippen LogP contribution in [0.2, 0.25) is 5.28 Å². The molecule has 2 rings (SSSR count). The van der Waals surface area contributed by atoms with Gasteiger partial charge in [-0.15, -0.1) is 0 Å². The Morgan fingerprint density at radius 3 is 2.85 bits per heavy atom. The predicted molar refractivity (Wildman–Crippen MR) is 48.9 cm³/mol. The van der Waals surface area contributed by atoms with Crippen molar-refractivity contribution in [2.24, 2.45) is 13.0 Å². The van der Waals surface area contributed by atoms with Crippen molar-refractivity contribution in [1.29, 1.82) is 0 Å². The fourth-order valence-electron chi connectivity index (χ4n) is 1.30. The Morgan fingerprint density at radius 1 is 1.77 bits per heavy atom. The first-order valence-electron chi connectivity index (χ1n) is 4.12. The van der Waals surface area contributed by atoms with Gasteiger partial charge in [0.25, 0.3) is 0 Å². The Morgan fingerprint density at radius 2 is 2.46 bits per heavy atom. The van der Waals surface area contributed by atoms with Crippen LogP contribution >= 0.6 is 11.6 Å². The zero-order chi connectivity index (χ0) is 9.42. The van der Waals surface area contributed by atoms with E-state index in [2.05, 4.69) is 10.3 Å². The van der Waals surface area contributed by atoms with Crippen LogP contribution < -0.4 is 5.32 Å². The fraction of sp³-hybridized carbons (Fsp3) is 0.500. The highest BCUT2D eigenvalue weighted by Gasteiger charge is 2.28. The lowest BCUT2D eigenvalue weighted by Crippen LogP contribution is -2.46. The van der Waals surface area contributed by atoms with Crippen molar-refractivity contribution in [3.8, 4) is 0 Å². The highest BCUT2D eigenvalue weighted by atomic mass is 35.5. The summed E-state index contributed by atoms with van der Waals surface area (Å²) in [5.41, 5.74) is 0.594. The van der Waals surface area contributed by atoms with Gasteiger partial charge in [-0.05, 0) is 11.6 Å². The molecule has 13 heavy (non-hydrogen) atoms. The first kappa shape index (κ1) is 8.72. The highest BCUT2D eigenvalue weighted by Crippen LogP contribution is 2.15. The normalized spacial score (nSPS) is 17.1. The molecular formula is C8H10ClN3O. The van der Waals surface area contributed by atoms with E-state index in [1.54, 1.807) is 11.6 Å². The Hall–Kier alpha value is -0.870. The Bertz CT molecular complexity index is 343. The average Bonchev–Trinajstić information content (AvgIpc) is 2.29. The molecule has 0 amide bonds. The fourth-order valence-corrected chi connectivity index (χ4v) is 1.44. The van der Waals surface area contributed by atoms with E-state index in [9.17, 15) is 4.79 Å². The number of Topliss-reactive ketones (excluding diaryl/α,β-unsaturated/α-hetero) is 1. The van der Waals surface area contributed by atoms with Crippen molar-refractivity contribution in [1.82, 2.24) is 14.9 Å². The molecule has 4 nitrogen and oxygen atoms in total. The molecule has 0 radical (unpaired) electrons. The predicted octanol–water partition coefficient (Wildman–Crippen LogP) is 0.476. The number of hydrogen-bond acceptors (Lipinski definition) is 3. The lowest BCUT2D eigenvalue weighted by Gasteiger charge is -2.25. The van der Waals surface area contributed by atoms with E-state index >= 15 is 0 Å². The summed E-state index contributed by atoms with van der Waals surface area (Å²) in [6, 6.07) is 0. The first-order valence-corrected chi connectivity index (χ1v) is 4.50. The molecule has 1 aliphatic heterocycles. The number of nitrogens with zero attached hydrogens (tertiary/aromatic N) is 2. The summed E-state index contributed by atoms with van der Waals surface area (Å²) in [7, 11) is 1.74. The van der Waals surface area contributed by atoms with E-state index in [0.29, 0.717) is 11.0 Å². The molecule has 1 aromatic heterocycles. The third kappa shape index (κ3) is 1.36. The Kier molecular flexibility index (Phi) is 2.09. The summed E-state index contributed by atoms with van der Waals surface area (Å²) in [4.78, 5) is 15.6. The average molecular weight is 200 g/mol. The third-order valence-corrected chi connectivity index (χ3v) is 2.69. The maximum Gasteiger partial charge on any atom is 0.202 e. The quantitative estimate of drug-likeness (QED) is 0.705. The van der Waals surface area contributed by atoms with E-state index in [-0.39, 0.29) is 11.7 Å². The van der Waals surface area contributed by atoms with E-state index in [1.165, 1.54) is 6.20 Å². The summed E-state index contributed by atoms with van der Waals surface area (Å²) in [6.07, 6.45) is 1.53. The second-order valence-corrected chi connectivity index (χ2v) is 3.53. The van der Waals surface area contributed by atoms with E-state index in [4.69, 9.17) is 11.6 Å². The van der Waals surface area contributed by atoms with Crippen LogP contribution in [0.1, 0.15) is 10.5 Å². The van der Waals surface area contributed by atoms with Crippen LogP contribution in [0.15, 0.2) is 6.20 Å². The van der Waals surface area contributed by atoms with Gasteiger partial charge >= 0.3 is 0 Å². The molecule has 2 heterocycles. The molecule has 70 valence electrons. The molecule has 0 atom stereocenters. The van der Waals surface area contributed by atoms with Gasteiger partial charge in [-0.25, -0.2) is 4.98 Å². The second kappa shape index (κ2) is 3.12. The minimum absolute atomic E-state index is 0.103. The van der Waals surface area contributed by atoms with Gasteiger partial charge in [0.15, 0.2) is 5.78 Å². The van der Waals surface area contributed by atoms with Crippen molar-refractivity contribution < 1.29 is 4.79 Å². The summed E-state index contributed by atoms with van der Waals surface area (Å²) in [5.74, 6) is 0.229. The highest BCUT2D eigenvalue weighted by molar-refractivity contribution is 6.28. The van der Waals surface area contributed by atoms with Crippen LogP contribution in [0.3, 0.4) is 0 Å². The van der Waals surface area contributed by atoms with Crippen LogP contribution in [0.4, 0.5) is 0 Å². The molecule has 1 saturated heterocycles. The zero-order valence-corrected chi connectivity index (χ0v) is 8.01. The van der Waals surface area contributed by atoms with Gasteiger partial charge in [-0.3, -0.25) is 4.79 Å². The summed E-state index contributed by atoms with van der Waals surface area (Å²) in [5, 5.41) is 3.41. The number of imidazole rings is 1. The van der Waals surface area contributed by atoms with Gasteiger partial charge in [0.1, 0.15) is 5.69 Å². The zero-order valence-electron chi connectivity index (χ0n) is 7.25. The number of hydrogen-bond donors (Lipinski definition) is 1. The van der Waals surface area contributed by atoms with Gasteiger partial charge in [0.05, 0.1) is 6.20 Å². The van der Waals surface area contributed by atoms with Crippen LogP contribution in [0.5, 0.6) is 0 Å². The smallest absolute Gasteiger partial charge is 0.202 e. The second-order valence-electron chi connectivity index (χ2n) is 3.19. The number of carbonyl (C=O) groups excluding carboxylic acids is 1. The van der Waals surface area contributed by atoms with Crippen LogP contribution in [0.25, 0.3) is 0 Å². The van der Waals surface area contributed by atoms with E-state index in [0.717, 1.165) is 13.1 Å². The van der Waals surface area contributed by atoms with Crippen molar-refractivity contribution in [2.75, 3.05) is 13.1 Å². The van der Waals surface area contributed by atoms with Crippen LogP contribution in [0, 0.1) is 5.92 Å². The standard InChI is InChI=1S/C8H10ClN3O/c1-12-6(4-11-8(12)9)7(13)5-2-10-3-5/h4-5,10H,2-3H2,1H3. The number of ketones is 1. The van der Waals surface area contributed by atoms with Crippen molar-refractivity contribution >= 4 is 17.4 Å². The molecular weight excluding hydrogens is 190 g/mol. The van der Waals surface area contributed by atoms with Crippen molar-refractivity contribution in [3.05, 3.63) is 17.2 Å². The van der Waals surface area contributed by atoms with Gasteiger partial charge in [-0.2, -0.15) is 0 Å². The van der Waals surface area contributed by atoms with Crippen LogP contribution in [-0.4, -0.2) is 28.4 Å². The number of halogens is 1. The number of aromatic nitrogens is 2. The van der Waals surface area contributed by atoms with Gasteiger partial charge in [-0.1, -0.05) is 0 Å². The molecule has 0 bridgehead atoms. The van der Waals surface area contributed by atoms with Crippen molar-refractivity contribution in [2.45, 2.75) is 0 Å². The molecule has 1 aromatic rings. The molecule has 5 heteroatoms. The molecule has 0 aromatic carbocycles. The Balaban J connectivity index is 2.24. The largest absolute Gasteiger partial charge is 0.315 e. The molecule has 0 unspecified atom stereocenters. The Labute approximate surface area is 80.9 Å². The topological polar surface area (TPSA) is 46.9 Å². The summed E-state index contributed by atoms with van der Waals surface area (Å²) < 4.78 is 1.61. The first-order chi connectivity index (χ1) is 6.20. The summed E-state index contributed by atoms with van der Waals surface area (Å²) >= 11 is 5.72. The van der Waals surface area contributed by atoms with E-state index < -0.39 is 0 Å². The minimum Gasteiger partial charge on any atom is -0.315 e. The number of rotatable bonds is 2. The van der Waals surface area contributed by atoms with Gasteiger partial charge in [0, 0.05) is 26.1 Å². The third-order valence-electron chi connectivity index (χ3n) is 2.34. The van der Waals surface area contributed by atoms with E-state index in [1.807, 2.05) is 0 Å². The maximum absolute atomic E-state index is 11.7. The maximum atomic E-state index is 11.7. The van der Waals surface area contributed by atoms with Gasteiger partial charge in [0.2, 0.25) is 5.28 Å². The molecule has 1 aliphatic rings. The molecule has 0 aliphatic carbocycles. The lowest BCUT2D eigenvalue weighted by molar-refractivity contribution is 0.0869.